The average Bonchev–Trinajstić information content (AvgIpc) is 2.64. The number of sulfonamides is 1. The van der Waals surface area contributed by atoms with Crippen LogP contribution in [0.25, 0.3) is 0 Å². The molecule has 1 rings (SSSR count). The third kappa shape index (κ3) is 3.27. The third-order valence-corrected chi connectivity index (χ3v) is 3.84. The summed E-state index contributed by atoms with van der Waals surface area (Å²) in [5.74, 6) is -0.714. The highest BCUT2D eigenvalue weighted by Crippen LogP contribution is 2.13. The molecule has 0 aromatic carbocycles. The van der Waals surface area contributed by atoms with Crippen LogP contribution in [0.4, 0.5) is 0 Å². The minimum Gasteiger partial charge on any atom is -0.480 e. The minimum absolute atomic E-state index is 0.0790. The Balaban J connectivity index is 3.03. The third-order valence-electron chi connectivity index (χ3n) is 2.08. The molecular formula is C9H15N3O4S. The second-order valence-electron chi connectivity index (χ2n) is 3.57. The van der Waals surface area contributed by atoms with E-state index in [2.05, 4.69) is 9.97 Å². The van der Waals surface area contributed by atoms with E-state index in [-0.39, 0.29) is 11.6 Å². The Morgan fingerprint density at radius 2 is 2.24 bits per heavy atom. The number of nitrogens with zero attached hydrogens (tertiary/aromatic N) is 2. The zero-order valence-corrected chi connectivity index (χ0v) is 10.5. The molecule has 96 valence electrons. The first-order valence-electron chi connectivity index (χ1n) is 5.11. The van der Waals surface area contributed by atoms with Crippen molar-refractivity contribution in [3.8, 4) is 0 Å². The van der Waals surface area contributed by atoms with Gasteiger partial charge in [-0.05, 0) is 13.3 Å². The molecule has 1 aromatic heterocycles. The minimum atomic E-state index is -3.80. The highest BCUT2D eigenvalue weighted by atomic mass is 32.2. The van der Waals surface area contributed by atoms with Crippen LogP contribution in [0.1, 0.15) is 19.2 Å². The largest absolute Gasteiger partial charge is 0.480 e. The van der Waals surface area contributed by atoms with Crippen LogP contribution in [0.2, 0.25) is 0 Å². The molecule has 8 heteroatoms. The molecule has 0 saturated heterocycles. The lowest BCUT2D eigenvalue weighted by Crippen LogP contribution is -2.36. The summed E-state index contributed by atoms with van der Waals surface area (Å²) in [6.45, 7) is 3.02. The molecule has 1 heterocycles. The van der Waals surface area contributed by atoms with E-state index in [0.29, 0.717) is 12.2 Å². The van der Waals surface area contributed by atoms with Gasteiger partial charge in [0.1, 0.15) is 12.4 Å². The Morgan fingerprint density at radius 1 is 1.59 bits per heavy atom. The molecule has 1 aromatic rings. The molecule has 2 N–H and O–H groups in total. The van der Waals surface area contributed by atoms with E-state index in [1.54, 1.807) is 13.8 Å². The first-order valence-corrected chi connectivity index (χ1v) is 6.55. The molecule has 0 aliphatic carbocycles. The van der Waals surface area contributed by atoms with Gasteiger partial charge >= 0.3 is 5.97 Å². The summed E-state index contributed by atoms with van der Waals surface area (Å²) < 4.78 is 25.0. The van der Waals surface area contributed by atoms with Crippen LogP contribution in [0.3, 0.4) is 0 Å². The van der Waals surface area contributed by atoms with Crippen LogP contribution in [0, 0.1) is 6.92 Å². The molecule has 0 bridgehead atoms. The predicted octanol–water partition coefficient (Wildman–Crippen LogP) is 0.203. The van der Waals surface area contributed by atoms with E-state index >= 15 is 0 Å². The standard InChI is InChI=1S/C9H15N3O4S/c1-3-4-12(6-9(13)14)17(15,16)8-5-10-7(2)11-8/h5H,3-4,6H2,1-2H3,(H,10,11)(H,13,14). The SMILES string of the molecule is CCCN(CC(=O)O)S(=O)(=O)c1cnc(C)[nH]1. The summed E-state index contributed by atoms with van der Waals surface area (Å²) >= 11 is 0. The predicted molar refractivity (Wildman–Crippen MR) is 60.0 cm³/mol. The first-order chi connectivity index (χ1) is 7.87. The fraction of sp³-hybridized carbons (Fsp3) is 0.556. The Hall–Kier alpha value is -1.41. The van der Waals surface area contributed by atoms with Gasteiger partial charge in [0, 0.05) is 6.54 Å². The number of H-pyrrole nitrogens is 1. The number of aromatic nitrogens is 2. The molecule has 0 atom stereocenters. The van der Waals surface area contributed by atoms with Crippen molar-refractivity contribution in [3.63, 3.8) is 0 Å². The zero-order chi connectivity index (χ0) is 13.1. The molecule has 0 aliphatic heterocycles. The Labute approximate surface area is 99.5 Å². The molecule has 0 fully saturated rings. The number of hydrogen-bond donors (Lipinski definition) is 2. The van der Waals surface area contributed by atoms with Crippen molar-refractivity contribution < 1.29 is 18.3 Å². The van der Waals surface area contributed by atoms with Crippen molar-refractivity contribution in [2.45, 2.75) is 25.3 Å². The van der Waals surface area contributed by atoms with Gasteiger partial charge in [-0.2, -0.15) is 4.31 Å². The molecule has 0 aliphatic rings. The van der Waals surface area contributed by atoms with Crippen molar-refractivity contribution in [2.75, 3.05) is 13.1 Å². The molecular weight excluding hydrogens is 246 g/mol. The van der Waals surface area contributed by atoms with Gasteiger partial charge in [0.25, 0.3) is 10.0 Å². The second-order valence-corrected chi connectivity index (χ2v) is 5.47. The number of hydrogen-bond acceptors (Lipinski definition) is 4. The number of aromatic amines is 1. The van der Waals surface area contributed by atoms with Crippen molar-refractivity contribution in [3.05, 3.63) is 12.0 Å². The molecule has 0 saturated carbocycles. The number of aryl methyl sites for hydroxylation is 1. The highest BCUT2D eigenvalue weighted by Gasteiger charge is 2.27. The smallest absolute Gasteiger partial charge is 0.318 e. The van der Waals surface area contributed by atoms with E-state index < -0.39 is 22.5 Å². The van der Waals surface area contributed by atoms with Crippen LogP contribution in [-0.2, 0) is 14.8 Å². The summed E-state index contributed by atoms with van der Waals surface area (Å²) in [4.78, 5) is 17.0. The van der Waals surface area contributed by atoms with Crippen molar-refractivity contribution >= 4 is 16.0 Å². The number of carboxylic acids is 1. The number of carbonyl (C=O) groups is 1. The van der Waals surface area contributed by atoms with E-state index in [1.807, 2.05) is 0 Å². The van der Waals surface area contributed by atoms with Crippen molar-refractivity contribution in [2.24, 2.45) is 0 Å². The van der Waals surface area contributed by atoms with Gasteiger partial charge in [-0.1, -0.05) is 6.92 Å². The summed E-state index contributed by atoms with van der Waals surface area (Å²) in [5, 5.41) is 8.62. The highest BCUT2D eigenvalue weighted by molar-refractivity contribution is 7.89. The van der Waals surface area contributed by atoms with Gasteiger partial charge in [0.15, 0.2) is 5.03 Å². The van der Waals surface area contributed by atoms with Gasteiger partial charge in [-0.3, -0.25) is 4.79 Å². The zero-order valence-electron chi connectivity index (χ0n) is 9.67. The van der Waals surface area contributed by atoms with E-state index in [1.165, 1.54) is 6.20 Å². The molecule has 17 heavy (non-hydrogen) atoms. The average molecular weight is 261 g/mol. The molecule has 0 amide bonds. The molecule has 0 spiro atoms. The van der Waals surface area contributed by atoms with Crippen molar-refractivity contribution in [1.82, 2.24) is 14.3 Å². The first kappa shape index (κ1) is 13.7. The summed E-state index contributed by atoms with van der Waals surface area (Å²) in [6, 6.07) is 0. The fourth-order valence-electron chi connectivity index (χ4n) is 1.35. The maximum atomic E-state index is 12.1. The van der Waals surface area contributed by atoms with Crippen LogP contribution >= 0.6 is 0 Å². The maximum absolute atomic E-state index is 12.1. The van der Waals surface area contributed by atoms with Gasteiger partial charge in [0.2, 0.25) is 0 Å². The quantitative estimate of drug-likeness (QED) is 0.761. The lowest BCUT2D eigenvalue weighted by molar-refractivity contribution is -0.137. The molecule has 0 radical (unpaired) electrons. The summed E-state index contributed by atoms with van der Waals surface area (Å²) in [5.41, 5.74) is 0. The van der Waals surface area contributed by atoms with Crippen LogP contribution in [-0.4, -0.2) is 46.9 Å². The molecule has 7 nitrogen and oxygen atoms in total. The number of carboxylic acid groups (broad SMARTS) is 1. The second kappa shape index (κ2) is 5.28. The lowest BCUT2D eigenvalue weighted by Gasteiger charge is -2.18. The van der Waals surface area contributed by atoms with Crippen LogP contribution in [0.15, 0.2) is 11.2 Å². The van der Waals surface area contributed by atoms with Crippen LogP contribution in [0.5, 0.6) is 0 Å². The fourth-order valence-corrected chi connectivity index (χ4v) is 2.80. The van der Waals surface area contributed by atoms with Gasteiger partial charge in [-0.15, -0.1) is 0 Å². The summed E-state index contributed by atoms with van der Waals surface area (Å²) in [7, 11) is -3.80. The number of aliphatic carboxylic acids is 1. The monoisotopic (exact) mass is 261 g/mol. The van der Waals surface area contributed by atoms with E-state index in [0.717, 1.165) is 4.31 Å². The Morgan fingerprint density at radius 3 is 2.65 bits per heavy atom. The normalized spacial score (nSPS) is 11.9. The van der Waals surface area contributed by atoms with Crippen molar-refractivity contribution in [1.29, 1.82) is 0 Å². The van der Waals surface area contributed by atoms with Crippen LogP contribution < -0.4 is 0 Å². The van der Waals surface area contributed by atoms with Gasteiger partial charge in [-0.25, -0.2) is 13.4 Å². The maximum Gasteiger partial charge on any atom is 0.318 e. The topological polar surface area (TPSA) is 103 Å². The Bertz CT molecular complexity index is 494. The Kier molecular flexibility index (Phi) is 4.24. The van der Waals surface area contributed by atoms with E-state index in [9.17, 15) is 13.2 Å². The summed E-state index contributed by atoms with van der Waals surface area (Å²) in [6.07, 6.45) is 1.73. The number of nitrogens with one attached hydrogen (secondary N) is 1. The number of imidazole rings is 1. The van der Waals surface area contributed by atoms with Gasteiger partial charge in [0.05, 0.1) is 6.20 Å². The van der Waals surface area contributed by atoms with E-state index in [4.69, 9.17) is 5.11 Å². The number of rotatable bonds is 6. The van der Waals surface area contributed by atoms with Gasteiger partial charge < -0.3 is 10.1 Å². The molecule has 0 unspecified atom stereocenters. The lowest BCUT2D eigenvalue weighted by atomic mass is 10.5.